The second-order valence-corrected chi connectivity index (χ2v) is 4.51. The third-order valence-corrected chi connectivity index (χ3v) is 3.26. The average Bonchev–Trinajstić information content (AvgIpc) is 2.29. The smallest absolute Gasteiger partial charge is 0.0477 e. The summed E-state index contributed by atoms with van der Waals surface area (Å²) in [7, 11) is 0. The van der Waals surface area contributed by atoms with Gasteiger partial charge in [0.05, 0.1) is 0 Å². The third-order valence-electron chi connectivity index (χ3n) is 3.03. The fourth-order valence-electron chi connectivity index (χ4n) is 2.24. The van der Waals surface area contributed by atoms with Crippen LogP contribution in [0.3, 0.4) is 0 Å². The second kappa shape index (κ2) is 4.97. The molecule has 2 atom stereocenters. The lowest BCUT2D eigenvalue weighted by Gasteiger charge is -2.31. The Balaban J connectivity index is 2.20. The summed E-state index contributed by atoms with van der Waals surface area (Å²) in [6.45, 7) is 1.26. The molecule has 2 unspecified atom stereocenters. The van der Waals surface area contributed by atoms with Gasteiger partial charge in [-0.1, -0.05) is 23.7 Å². The van der Waals surface area contributed by atoms with Gasteiger partial charge in [0.2, 0.25) is 0 Å². The van der Waals surface area contributed by atoms with Gasteiger partial charge >= 0.3 is 0 Å². The van der Waals surface area contributed by atoms with Crippen LogP contribution < -0.4 is 5.32 Å². The predicted molar refractivity (Wildman–Crippen MR) is 62.0 cm³/mol. The monoisotopic (exact) mass is 225 g/mol. The molecule has 2 N–H and O–H groups in total. The quantitative estimate of drug-likeness (QED) is 0.810. The van der Waals surface area contributed by atoms with Crippen LogP contribution in [0.2, 0.25) is 5.02 Å². The summed E-state index contributed by atoms with van der Waals surface area (Å²) in [5.74, 6) is 0.317. The molecule has 1 aromatic rings. The SMILES string of the molecule is OCC1CCCNC1c1cccc(Cl)c1. The fourth-order valence-corrected chi connectivity index (χ4v) is 2.44. The van der Waals surface area contributed by atoms with Gasteiger partial charge in [-0.3, -0.25) is 0 Å². The molecule has 1 fully saturated rings. The highest BCUT2D eigenvalue weighted by Gasteiger charge is 2.25. The minimum Gasteiger partial charge on any atom is -0.396 e. The maximum Gasteiger partial charge on any atom is 0.0477 e. The van der Waals surface area contributed by atoms with E-state index in [0.29, 0.717) is 5.92 Å². The Morgan fingerprint density at radius 2 is 2.33 bits per heavy atom. The lowest BCUT2D eigenvalue weighted by molar-refractivity contribution is 0.160. The van der Waals surface area contributed by atoms with Crippen LogP contribution in [0, 0.1) is 5.92 Å². The van der Waals surface area contributed by atoms with E-state index in [1.807, 2.05) is 18.2 Å². The standard InChI is InChI=1S/C12H16ClNO/c13-11-5-1-3-9(7-11)12-10(8-15)4-2-6-14-12/h1,3,5,7,10,12,14-15H,2,4,6,8H2. The van der Waals surface area contributed by atoms with E-state index in [-0.39, 0.29) is 12.6 Å². The average molecular weight is 226 g/mol. The zero-order valence-corrected chi connectivity index (χ0v) is 9.37. The topological polar surface area (TPSA) is 32.3 Å². The molecule has 82 valence electrons. The molecule has 2 rings (SSSR count). The Morgan fingerprint density at radius 3 is 3.07 bits per heavy atom. The van der Waals surface area contributed by atoms with E-state index in [1.54, 1.807) is 0 Å². The van der Waals surface area contributed by atoms with Gasteiger partial charge in [-0.2, -0.15) is 0 Å². The van der Waals surface area contributed by atoms with E-state index in [2.05, 4.69) is 11.4 Å². The maximum absolute atomic E-state index is 9.32. The fraction of sp³-hybridized carbons (Fsp3) is 0.500. The predicted octanol–water partition coefficient (Wildman–Crippen LogP) is 2.37. The summed E-state index contributed by atoms with van der Waals surface area (Å²) in [6, 6.07) is 8.14. The van der Waals surface area contributed by atoms with Crippen molar-refractivity contribution in [2.45, 2.75) is 18.9 Å². The van der Waals surface area contributed by atoms with E-state index < -0.39 is 0 Å². The van der Waals surface area contributed by atoms with Crippen LogP contribution in [-0.4, -0.2) is 18.3 Å². The molecular weight excluding hydrogens is 210 g/mol. The summed E-state index contributed by atoms with van der Waals surface area (Å²) in [6.07, 6.45) is 2.23. The zero-order chi connectivity index (χ0) is 10.7. The Labute approximate surface area is 95.3 Å². The molecule has 1 saturated heterocycles. The van der Waals surface area contributed by atoms with Crippen LogP contribution in [0.25, 0.3) is 0 Å². The number of hydrogen-bond donors (Lipinski definition) is 2. The first-order valence-corrected chi connectivity index (χ1v) is 5.79. The number of piperidine rings is 1. The molecule has 0 aromatic heterocycles. The van der Waals surface area contributed by atoms with Gasteiger partial charge in [-0.05, 0) is 37.1 Å². The molecule has 15 heavy (non-hydrogen) atoms. The van der Waals surface area contributed by atoms with Gasteiger partial charge in [-0.25, -0.2) is 0 Å². The van der Waals surface area contributed by atoms with Crippen LogP contribution in [-0.2, 0) is 0 Å². The highest BCUT2D eigenvalue weighted by Crippen LogP contribution is 2.29. The van der Waals surface area contributed by atoms with E-state index >= 15 is 0 Å². The number of aliphatic hydroxyl groups excluding tert-OH is 1. The number of aliphatic hydroxyl groups is 1. The van der Waals surface area contributed by atoms with Gasteiger partial charge in [-0.15, -0.1) is 0 Å². The van der Waals surface area contributed by atoms with Crippen molar-refractivity contribution in [1.29, 1.82) is 0 Å². The zero-order valence-electron chi connectivity index (χ0n) is 8.62. The molecule has 2 nitrogen and oxygen atoms in total. The Kier molecular flexibility index (Phi) is 3.62. The Bertz CT molecular complexity index is 329. The van der Waals surface area contributed by atoms with Gasteiger partial charge in [0, 0.05) is 23.6 Å². The normalized spacial score (nSPS) is 26.5. The van der Waals surface area contributed by atoms with Crippen LogP contribution in [0.5, 0.6) is 0 Å². The van der Waals surface area contributed by atoms with Crippen molar-refractivity contribution < 1.29 is 5.11 Å². The van der Waals surface area contributed by atoms with Crippen molar-refractivity contribution >= 4 is 11.6 Å². The summed E-state index contributed by atoms with van der Waals surface area (Å²) in [4.78, 5) is 0. The molecule has 0 aliphatic carbocycles. The van der Waals surface area contributed by atoms with Crippen LogP contribution in [0.15, 0.2) is 24.3 Å². The lowest BCUT2D eigenvalue weighted by atomic mass is 9.87. The highest BCUT2D eigenvalue weighted by molar-refractivity contribution is 6.30. The molecule has 1 heterocycles. The molecule has 1 aliphatic rings. The van der Waals surface area contributed by atoms with E-state index in [1.165, 1.54) is 5.56 Å². The molecule has 0 amide bonds. The van der Waals surface area contributed by atoms with Gasteiger partial charge in [0.1, 0.15) is 0 Å². The molecule has 0 spiro atoms. The molecule has 0 saturated carbocycles. The first-order valence-electron chi connectivity index (χ1n) is 5.41. The molecular formula is C12H16ClNO. The summed E-state index contributed by atoms with van der Waals surface area (Å²) in [5, 5.41) is 13.5. The van der Waals surface area contributed by atoms with Crippen molar-refractivity contribution in [2.24, 2.45) is 5.92 Å². The third kappa shape index (κ3) is 2.51. The van der Waals surface area contributed by atoms with E-state index in [9.17, 15) is 5.11 Å². The largest absolute Gasteiger partial charge is 0.396 e. The molecule has 3 heteroatoms. The number of nitrogens with one attached hydrogen (secondary N) is 1. The lowest BCUT2D eigenvalue weighted by Crippen LogP contribution is -2.35. The van der Waals surface area contributed by atoms with E-state index in [4.69, 9.17) is 11.6 Å². The highest BCUT2D eigenvalue weighted by atomic mass is 35.5. The van der Waals surface area contributed by atoms with Crippen molar-refractivity contribution in [3.05, 3.63) is 34.9 Å². The molecule has 1 aromatic carbocycles. The second-order valence-electron chi connectivity index (χ2n) is 4.07. The number of halogens is 1. The van der Waals surface area contributed by atoms with Crippen molar-refractivity contribution in [1.82, 2.24) is 5.32 Å². The van der Waals surface area contributed by atoms with Crippen molar-refractivity contribution in [2.75, 3.05) is 13.2 Å². The van der Waals surface area contributed by atoms with Gasteiger partial charge < -0.3 is 10.4 Å². The van der Waals surface area contributed by atoms with Crippen molar-refractivity contribution in [3.8, 4) is 0 Å². The first-order chi connectivity index (χ1) is 7.31. The minimum atomic E-state index is 0.240. The van der Waals surface area contributed by atoms with Crippen LogP contribution in [0.1, 0.15) is 24.4 Å². The molecule has 0 bridgehead atoms. The summed E-state index contributed by atoms with van der Waals surface area (Å²) >= 11 is 5.96. The Hall–Kier alpha value is -0.570. The van der Waals surface area contributed by atoms with Gasteiger partial charge in [0.15, 0.2) is 0 Å². The van der Waals surface area contributed by atoms with Crippen molar-refractivity contribution in [3.63, 3.8) is 0 Å². The summed E-state index contributed by atoms with van der Waals surface area (Å²) in [5.41, 5.74) is 1.18. The number of benzene rings is 1. The van der Waals surface area contributed by atoms with Crippen LogP contribution >= 0.6 is 11.6 Å². The molecule has 1 aliphatic heterocycles. The van der Waals surface area contributed by atoms with Crippen LogP contribution in [0.4, 0.5) is 0 Å². The maximum atomic E-state index is 9.32. The summed E-state index contributed by atoms with van der Waals surface area (Å²) < 4.78 is 0. The van der Waals surface area contributed by atoms with E-state index in [0.717, 1.165) is 24.4 Å². The first kappa shape index (κ1) is 10.9. The minimum absolute atomic E-state index is 0.240. The van der Waals surface area contributed by atoms with Gasteiger partial charge in [0.25, 0.3) is 0 Å². The number of hydrogen-bond acceptors (Lipinski definition) is 2. The molecule has 0 radical (unpaired) electrons. The Morgan fingerprint density at radius 1 is 1.47 bits per heavy atom. The number of rotatable bonds is 2.